The minimum absolute atomic E-state index is 0.209. The average molecular weight is 249 g/mol. The van der Waals surface area contributed by atoms with Gasteiger partial charge in [-0.25, -0.2) is 9.78 Å². The van der Waals surface area contributed by atoms with Gasteiger partial charge >= 0.3 is 5.63 Å². The fourth-order valence-electron chi connectivity index (χ4n) is 2.25. The highest BCUT2D eigenvalue weighted by Crippen LogP contribution is 2.35. The van der Waals surface area contributed by atoms with Gasteiger partial charge in [0.1, 0.15) is 10.2 Å². The molecule has 0 bridgehead atoms. The van der Waals surface area contributed by atoms with E-state index >= 15 is 0 Å². The van der Waals surface area contributed by atoms with Gasteiger partial charge in [0.15, 0.2) is 0 Å². The van der Waals surface area contributed by atoms with E-state index in [1.165, 1.54) is 10.4 Å². The van der Waals surface area contributed by atoms with Gasteiger partial charge in [0.25, 0.3) is 0 Å². The van der Waals surface area contributed by atoms with Crippen LogP contribution in [-0.2, 0) is 18.3 Å². The number of hydrogen-bond acceptors (Lipinski definition) is 4. The zero-order chi connectivity index (χ0) is 12.2. The van der Waals surface area contributed by atoms with Gasteiger partial charge in [-0.1, -0.05) is 20.8 Å². The molecule has 0 saturated carbocycles. The molecule has 4 heteroatoms. The Balaban J connectivity index is 2.33. The molecule has 0 fully saturated rings. The molecule has 1 aliphatic carbocycles. The molecule has 90 valence electrons. The Labute approximate surface area is 103 Å². The van der Waals surface area contributed by atoms with Gasteiger partial charge in [0.2, 0.25) is 5.89 Å². The second kappa shape index (κ2) is 3.42. The van der Waals surface area contributed by atoms with Crippen molar-refractivity contribution in [1.29, 1.82) is 0 Å². The summed E-state index contributed by atoms with van der Waals surface area (Å²) in [6, 6.07) is 0. The summed E-state index contributed by atoms with van der Waals surface area (Å²) in [5.74, 6) is 0.537. The van der Waals surface area contributed by atoms with E-state index in [-0.39, 0.29) is 11.0 Å². The molecule has 3 nitrogen and oxygen atoms in total. The highest BCUT2D eigenvalue weighted by Gasteiger charge is 2.25. The zero-order valence-electron chi connectivity index (χ0n) is 10.3. The van der Waals surface area contributed by atoms with Crippen molar-refractivity contribution in [1.82, 2.24) is 4.98 Å². The van der Waals surface area contributed by atoms with E-state index in [2.05, 4.69) is 4.98 Å². The van der Waals surface area contributed by atoms with Crippen LogP contribution in [0.2, 0.25) is 0 Å². The number of nitrogens with zero attached hydrogens (tertiary/aromatic N) is 1. The Morgan fingerprint density at radius 1 is 1.29 bits per heavy atom. The molecule has 17 heavy (non-hydrogen) atoms. The highest BCUT2D eigenvalue weighted by atomic mass is 32.1. The van der Waals surface area contributed by atoms with Crippen molar-refractivity contribution in [3.05, 3.63) is 26.8 Å². The van der Waals surface area contributed by atoms with E-state index < -0.39 is 0 Å². The van der Waals surface area contributed by atoms with Crippen LogP contribution >= 0.6 is 11.3 Å². The molecule has 0 aromatic carbocycles. The van der Waals surface area contributed by atoms with Crippen LogP contribution in [0, 0.1) is 0 Å². The number of aryl methyl sites for hydroxylation is 2. The smallest absolute Gasteiger partial charge is 0.348 e. The second-order valence-electron chi connectivity index (χ2n) is 5.59. The van der Waals surface area contributed by atoms with Crippen LogP contribution in [0.5, 0.6) is 0 Å². The van der Waals surface area contributed by atoms with Crippen LogP contribution in [0.3, 0.4) is 0 Å². The van der Waals surface area contributed by atoms with Gasteiger partial charge in [-0.3, -0.25) is 0 Å². The molecular formula is C13H15NO2S. The molecule has 0 N–H and O–H groups in total. The minimum atomic E-state index is -0.220. The van der Waals surface area contributed by atoms with Crippen molar-refractivity contribution >= 4 is 21.6 Å². The number of thiophene rings is 1. The summed E-state index contributed by atoms with van der Waals surface area (Å²) in [5, 5.41) is 0.732. The summed E-state index contributed by atoms with van der Waals surface area (Å²) < 4.78 is 5.38. The van der Waals surface area contributed by atoms with Crippen molar-refractivity contribution in [2.24, 2.45) is 0 Å². The van der Waals surface area contributed by atoms with Gasteiger partial charge in [-0.2, -0.15) is 0 Å². The molecule has 0 amide bonds. The Hall–Kier alpha value is -1.16. The lowest BCUT2D eigenvalue weighted by atomic mass is 9.97. The van der Waals surface area contributed by atoms with E-state index in [4.69, 9.17) is 4.42 Å². The summed E-state index contributed by atoms with van der Waals surface area (Å²) in [6.45, 7) is 6.02. The quantitative estimate of drug-likeness (QED) is 0.720. The van der Waals surface area contributed by atoms with E-state index in [0.717, 1.165) is 29.5 Å². The van der Waals surface area contributed by atoms with Gasteiger partial charge in [-0.05, 0) is 24.8 Å². The summed E-state index contributed by atoms with van der Waals surface area (Å²) in [6.07, 6.45) is 3.23. The predicted octanol–water partition coefficient (Wildman–Crippen LogP) is 3.04. The van der Waals surface area contributed by atoms with Crippen molar-refractivity contribution in [2.75, 3.05) is 0 Å². The Bertz CT molecular complexity index is 646. The van der Waals surface area contributed by atoms with E-state index in [1.807, 2.05) is 20.8 Å². The standard InChI is InChI=1S/C13H15NO2S/c1-13(2,3)12-14-10-9(11(15)16-12)7-5-4-6-8(7)17-10/h4-6H2,1-3H3. The first-order valence-corrected chi connectivity index (χ1v) is 6.74. The van der Waals surface area contributed by atoms with Gasteiger partial charge in [0.05, 0.1) is 0 Å². The average Bonchev–Trinajstić information content (AvgIpc) is 2.73. The van der Waals surface area contributed by atoms with Crippen LogP contribution in [0.4, 0.5) is 0 Å². The molecule has 0 aliphatic heterocycles. The van der Waals surface area contributed by atoms with Crippen LogP contribution in [0.1, 0.15) is 43.5 Å². The first kappa shape index (κ1) is 11.0. The zero-order valence-corrected chi connectivity index (χ0v) is 11.1. The third-order valence-electron chi connectivity index (χ3n) is 3.14. The fourth-order valence-corrected chi connectivity index (χ4v) is 3.50. The van der Waals surface area contributed by atoms with E-state index in [0.29, 0.717) is 5.89 Å². The number of rotatable bonds is 0. The third-order valence-corrected chi connectivity index (χ3v) is 4.33. The summed E-state index contributed by atoms with van der Waals surface area (Å²) in [4.78, 5) is 18.8. The highest BCUT2D eigenvalue weighted by molar-refractivity contribution is 7.18. The maximum Gasteiger partial charge on any atom is 0.348 e. The van der Waals surface area contributed by atoms with Crippen molar-refractivity contribution in [3.8, 4) is 0 Å². The SMILES string of the molecule is CC(C)(C)c1nc2sc3c(c2c(=O)o1)CCC3. The molecule has 3 rings (SSSR count). The summed E-state index contributed by atoms with van der Waals surface area (Å²) in [7, 11) is 0. The first-order chi connectivity index (χ1) is 7.97. The minimum Gasteiger partial charge on any atom is -0.407 e. The summed E-state index contributed by atoms with van der Waals surface area (Å²) >= 11 is 1.66. The molecule has 0 unspecified atom stereocenters. The predicted molar refractivity (Wildman–Crippen MR) is 68.9 cm³/mol. The number of hydrogen-bond donors (Lipinski definition) is 0. The molecule has 0 saturated heterocycles. The monoisotopic (exact) mass is 249 g/mol. The van der Waals surface area contributed by atoms with Crippen LogP contribution < -0.4 is 5.63 Å². The van der Waals surface area contributed by atoms with Crippen LogP contribution in [0.15, 0.2) is 9.21 Å². The lowest BCUT2D eigenvalue weighted by Crippen LogP contribution is -2.17. The summed E-state index contributed by atoms with van der Waals surface area (Å²) in [5.41, 5.74) is 0.757. The molecule has 0 radical (unpaired) electrons. The molecule has 0 atom stereocenters. The van der Waals surface area contributed by atoms with E-state index in [9.17, 15) is 4.79 Å². The molecule has 2 heterocycles. The lowest BCUT2D eigenvalue weighted by molar-refractivity contribution is 0.360. The van der Waals surface area contributed by atoms with Crippen LogP contribution in [0.25, 0.3) is 10.2 Å². The largest absolute Gasteiger partial charge is 0.407 e. The van der Waals surface area contributed by atoms with Gasteiger partial charge < -0.3 is 4.42 Å². The van der Waals surface area contributed by atoms with Gasteiger partial charge in [0, 0.05) is 10.3 Å². The second-order valence-corrected chi connectivity index (χ2v) is 6.68. The fraction of sp³-hybridized carbons (Fsp3) is 0.538. The Morgan fingerprint density at radius 2 is 2.06 bits per heavy atom. The number of fused-ring (bicyclic) bond motifs is 3. The van der Waals surface area contributed by atoms with Crippen molar-refractivity contribution < 1.29 is 4.42 Å². The van der Waals surface area contributed by atoms with Crippen molar-refractivity contribution in [2.45, 2.75) is 45.4 Å². The lowest BCUT2D eigenvalue weighted by Gasteiger charge is -2.14. The first-order valence-electron chi connectivity index (χ1n) is 5.92. The maximum atomic E-state index is 12.1. The topological polar surface area (TPSA) is 43.1 Å². The Kier molecular flexibility index (Phi) is 2.20. The molecule has 1 aliphatic rings. The molecular weight excluding hydrogens is 234 g/mol. The Morgan fingerprint density at radius 3 is 2.76 bits per heavy atom. The van der Waals surface area contributed by atoms with Crippen molar-refractivity contribution in [3.63, 3.8) is 0 Å². The maximum absolute atomic E-state index is 12.1. The van der Waals surface area contributed by atoms with Gasteiger partial charge in [-0.15, -0.1) is 11.3 Å². The molecule has 2 aromatic heterocycles. The number of aromatic nitrogens is 1. The normalized spacial score (nSPS) is 15.5. The molecule has 0 spiro atoms. The van der Waals surface area contributed by atoms with E-state index in [1.54, 1.807) is 11.3 Å². The molecule has 2 aromatic rings. The van der Waals surface area contributed by atoms with Crippen LogP contribution in [-0.4, -0.2) is 4.98 Å². The third kappa shape index (κ3) is 1.62.